The first kappa shape index (κ1) is 39.3. The van der Waals surface area contributed by atoms with Gasteiger partial charge in [-0.2, -0.15) is 5.06 Å². The van der Waals surface area contributed by atoms with Gasteiger partial charge in [0.2, 0.25) is 17.6 Å². The lowest BCUT2D eigenvalue weighted by Crippen LogP contribution is -2.70. The molecule has 1 aliphatic carbocycles. The number of aliphatic hydroxyl groups excluding tert-OH is 1. The van der Waals surface area contributed by atoms with Crippen LogP contribution in [0.15, 0.2) is 91.0 Å². The second-order valence-electron chi connectivity index (χ2n) is 16.0. The van der Waals surface area contributed by atoms with Crippen LogP contribution in [0.2, 0.25) is 0 Å². The van der Waals surface area contributed by atoms with Crippen LogP contribution in [0.25, 0.3) is 6.08 Å². The van der Waals surface area contributed by atoms with Crippen molar-refractivity contribution in [1.82, 2.24) is 15.3 Å². The monoisotopic (exact) mass is 767 g/mol. The Morgan fingerprint density at radius 3 is 2.27 bits per heavy atom. The van der Waals surface area contributed by atoms with E-state index in [0.29, 0.717) is 11.1 Å². The van der Waals surface area contributed by atoms with Gasteiger partial charge in [-0.1, -0.05) is 84.9 Å². The van der Waals surface area contributed by atoms with Crippen molar-refractivity contribution in [3.63, 3.8) is 0 Å². The first-order valence-electron chi connectivity index (χ1n) is 19.0. The van der Waals surface area contributed by atoms with Crippen molar-refractivity contribution >= 4 is 29.8 Å². The summed E-state index contributed by atoms with van der Waals surface area (Å²) < 4.78 is 25.6. The molecule has 0 aromatic heterocycles. The number of hydrogen-bond acceptors (Lipinski definition) is 11. The molecular weight excluding hydrogens is 718 g/mol. The minimum absolute atomic E-state index is 0.0425. The quantitative estimate of drug-likeness (QED) is 0.204. The summed E-state index contributed by atoms with van der Waals surface area (Å²) >= 11 is 0. The topological polar surface area (TPSA) is 153 Å². The standard InChI is InChI=1S/C43H49N3O10/c1-41(2,3)53-34(49)22-20-31(26-47)44-40(51)42-24-32-35-36(55-43(54-35,29-15-8-6-9-16-29)30-17-10-7-11-18-30)38(42)56-46(37(42)39(50)52-32)25-28-14-12-13-27(23-28)19-21-33(48)45(4)5/h6-19,21,23,31-32,35-38,47H,20,22,24-26H2,1-5H3,(H,44,51)/t31-,32+,35-,36-,37-,38+,42-/m0/s1. The SMILES string of the molecule is CN(C)C(=O)C=Cc1cccc(CN2O[C@@H]3[C@H]4OC(c5ccccc5)(c5ccccc5)O[C@H]4[C@H]4C[C@]3(C(=O)N[C@H](CO)CCC(=O)OC(C)(C)C)[C@@H]2C(=O)O4)c1. The molecule has 0 unspecified atom stereocenters. The molecular formula is C43H49N3O10. The van der Waals surface area contributed by atoms with E-state index in [-0.39, 0.29) is 31.7 Å². The zero-order valence-corrected chi connectivity index (χ0v) is 32.3. The minimum atomic E-state index is -1.54. The number of likely N-dealkylation sites (N-methyl/N-ethyl adjacent to an activating group) is 1. The highest BCUT2D eigenvalue weighted by Gasteiger charge is 2.76. The van der Waals surface area contributed by atoms with Gasteiger partial charge in [-0.25, -0.2) is 0 Å². The lowest BCUT2D eigenvalue weighted by atomic mass is 9.62. The molecule has 4 aliphatic rings. The van der Waals surface area contributed by atoms with Crippen LogP contribution in [0.5, 0.6) is 0 Å². The molecule has 2 N–H and O–H groups in total. The van der Waals surface area contributed by atoms with Gasteiger partial charge in [0.1, 0.15) is 35.4 Å². The molecule has 3 aromatic carbocycles. The molecule has 7 rings (SSSR count). The van der Waals surface area contributed by atoms with Gasteiger partial charge in [0.15, 0.2) is 6.04 Å². The Morgan fingerprint density at radius 2 is 1.64 bits per heavy atom. The molecule has 13 nitrogen and oxygen atoms in total. The molecule has 3 saturated heterocycles. The molecule has 7 atom stereocenters. The largest absolute Gasteiger partial charge is 0.460 e. The Morgan fingerprint density at radius 1 is 0.982 bits per heavy atom. The number of hydrogen-bond donors (Lipinski definition) is 2. The van der Waals surface area contributed by atoms with Crippen molar-refractivity contribution in [2.75, 3.05) is 20.7 Å². The minimum Gasteiger partial charge on any atom is -0.460 e. The van der Waals surface area contributed by atoms with Gasteiger partial charge in [0, 0.05) is 44.1 Å². The maximum absolute atomic E-state index is 14.9. The van der Waals surface area contributed by atoms with Crippen molar-refractivity contribution in [2.24, 2.45) is 5.41 Å². The summed E-state index contributed by atoms with van der Waals surface area (Å²) in [7, 11) is 3.34. The molecule has 3 aromatic rings. The average Bonchev–Trinajstić information content (AvgIpc) is 3.75. The smallest absolute Gasteiger partial charge is 0.327 e. The van der Waals surface area contributed by atoms with Crippen molar-refractivity contribution in [2.45, 2.75) is 94.5 Å². The summed E-state index contributed by atoms with van der Waals surface area (Å²) in [6.45, 7) is 4.94. The maximum atomic E-state index is 14.9. The number of rotatable bonds is 12. The van der Waals surface area contributed by atoms with Gasteiger partial charge in [-0.15, -0.1) is 0 Å². The first-order valence-corrected chi connectivity index (χ1v) is 19.0. The molecule has 0 spiro atoms. The number of hydroxylamine groups is 2. The van der Waals surface area contributed by atoms with E-state index >= 15 is 0 Å². The van der Waals surface area contributed by atoms with Gasteiger partial charge >= 0.3 is 11.9 Å². The van der Waals surface area contributed by atoms with Gasteiger partial charge in [0.05, 0.1) is 19.2 Å². The van der Waals surface area contributed by atoms with Crippen LogP contribution in [0, 0.1) is 5.41 Å². The summed E-state index contributed by atoms with van der Waals surface area (Å²) in [4.78, 5) is 62.3. The summed E-state index contributed by atoms with van der Waals surface area (Å²) in [6, 6.07) is 24.4. The van der Waals surface area contributed by atoms with Crippen LogP contribution in [0.3, 0.4) is 0 Å². The molecule has 1 saturated carbocycles. The number of fused-ring (bicyclic) bond motifs is 4. The van der Waals surface area contributed by atoms with E-state index in [1.165, 1.54) is 16.0 Å². The van der Waals surface area contributed by atoms with Crippen molar-refractivity contribution in [3.8, 4) is 0 Å². The number of carbonyl (C=O) groups excluding carboxylic acids is 4. The Hall–Kier alpha value is -4.92. The van der Waals surface area contributed by atoms with E-state index in [1.54, 1.807) is 40.9 Å². The fourth-order valence-electron chi connectivity index (χ4n) is 8.19. The molecule has 4 fully saturated rings. The highest BCUT2D eigenvalue weighted by atomic mass is 16.8. The lowest BCUT2D eigenvalue weighted by molar-refractivity contribution is -0.213. The van der Waals surface area contributed by atoms with E-state index in [0.717, 1.165) is 11.1 Å². The Labute approximate surface area is 326 Å². The Bertz CT molecular complexity index is 1930. The van der Waals surface area contributed by atoms with E-state index in [4.69, 9.17) is 23.8 Å². The number of carbonyl (C=O) groups is 4. The molecule has 3 aliphatic heterocycles. The molecule has 0 radical (unpaired) electrons. The van der Waals surface area contributed by atoms with E-state index in [2.05, 4.69) is 5.32 Å². The van der Waals surface area contributed by atoms with Crippen molar-refractivity contribution in [1.29, 1.82) is 0 Å². The van der Waals surface area contributed by atoms with Gasteiger partial charge in [-0.05, 0) is 44.4 Å². The van der Waals surface area contributed by atoms with Crippen LogP contribution >= 0.6 is 0 Å². The van der Waals surface area contributed by atoms with E-state index in [1.807, 2.05) is 84.9 Å². The second-order valence-corrected chi connectivity index (χ2v) is 16.0. The third kappa shape index (κ3) is 7.49. The number of ether oxygens (including phenoxy) is 4. The van der Waals surface area contributed by atoms with Crippen molar-refractivity contribution < 1.29 is 48.1 Å². The maximum Gasteiger partial charge on any atom is 0.327 e. The highest BCUT2D eigenvalue weighted by Crippen LogP contribution is 2.59. The number of nitrogens with zero attached hydrogens (tertiary/aromatic N) is 2. The van der Waals surface area contributed by atoms with Crippen LogP contribution in [-0.4, -0.2) is 102 Å². The predicted molar refractivity (Wildman–Crippen MR) is 203 cm³/mol. The van der Waals surface area contributed by atoms with E-state index < -0.39 is 77.8 Å². The normalized spacial score (nSPS) is 27.0. The molecule has 2 amide bonds. The lowest BCUT2D eigenvalue weighted by Gasteiger charge is -2.49. The van der Waals surface area contributed by atoms with Crippen LogP contribution < -0.4 is 5.32 Å². The third-order valence-electron chi connectivity index (χ3n) is 10.7. The number of benzene rings is 3. The molecule has 56 heavy (non-hydrogen) atoms. The summed E-state index contributed by atoms with van der Waals surface area (Å²) in [5.41, 5.74) is 0.706. The van der Waals surface area contributed by atoms with Gasteiger partial charge < -0.3 is 34.3 Å². The van der Waals surface area contributed by atoms with Crippen LogP contribution in [0.4, 0.5) is 0 Å². The Kier molecular flexibility index (Phi) is 10.9. The molecule has 3 heterocycles. The van der Waals surface area contributed by atoms with Crippen LogP contribution in [0.1, 0.15) is 62.3 Å². The fourth-order valence-corrected chi connectivity index (χ4v) is 8.19. The highest BCUT2D eigenvalue weighted by molar-refractivity contribution is 5.94. The number of aliphatic hydroxyl groups is 1. The van der Waals surface area contributed by atoms with Gasteiger partial charge in [0.25, 0.3) is 0 Å². The Balaban J connectivity index is 1.25. The first-order chi connectivity index (χ1) is 26.7. The number of nitrogens with one attached hydrogen (secondary N) is 1. The zero-order chi connectivity index (χ0) is 39.8. The zero-order valence-electron chi connectivity index (χ0n) is 32.3. The molecule has 2 bridgehead atoms. The van der Waals surface area contributed by atoms with Crippen LogP contribution in [-0.2, 0) is 55.3 Å². The predicted octanol–water partition coefficient (Wildman–Crippen LogP) is 3.87. The van der Waals surface area contributed by atoms with E-state index in [9.17, 15) is 24.3 Å². The summed E-state index contributed by atoms with van der Waals surface area (Å²) in [5.74, 6) is -3.23. The number of esters is 2. The summed E-state index contributed by atoms with van der Waals surface area (Å²) in [5, 5.41) is 14.9. The van der Waals surface area contributed by atoms with Gasteiger partial charge in [-0.3, -0.25) is 24.0 Å². The number of amides is 2. The summed E-state index contributed by atoms with van der Waals surface area (Å²) in [6.07, 6.45) is -0.299. The molecule has 296 valence electrons. The third-order valence-corrected chi connectivity index (χ3v) is 10.7. The average molecular weight is 768 g/mol. The molecule has 13 heteroatoms. The second kappa shape index (κ2) is 15.5. The van der Waals surface area contributed by atoms with Crippen molar-refractivity contribution in [3.05, 3.63) is 113 Å². The fraction of sp³-hybridized carbons (Fsp3) is 0.442.